The molecule has 3 aromatic heterocycles. The lowest BCUT2D eigenvalue weighted by Crippen LogP contribution is -2.16. The van der Waals surface area contributed by atoms with Gasteiger partial charge in [-0.05, 0) is 38.5 Å². The van der Waals surface area contributed by atoms with Crippen molar-refractivity contribution in [2.75, 3.05) is 13.7 Å². The van der Waals surface area contributed by atoms with Gasteiger partial charge in [0, 0.05) is 24.5 Å². The number of aryl methyl sites for hydroxylation is 2. The van der Waals surface area contributed by atoms with Crippen LogP contribution in [0.2, 0.25) is 0 Å². The first-order valence-electron chi connectivity index (χ1n) is 10.2. The molecule has 1 N–H and O–H groups in total. The highest BCUT2D eigenvalue weighted by atomic mass is 32.1. The smallest absolute Gasteiger partial charge is 0.277 e. The molecule has 0 bridgehead atoms. The summed E-state index contributed by atoms with van der Waals surface area (Å²) in [6.07, 6.45) is 1.65. The Morgan fingerprint density at radius 1 is 1.23 bits per heavy atom. The topological polar surface area (TPSA) is 94.4 Å². The minimum atomic E-state index is -0.221. The van der Waals surface area contributed by atoms with Crippen LogP contribution in [0, 0.1) is 6.92 Å². The van der Waals surface area contributed by atoms with E-state index in [4.69, 9.17) is 14.6 Å². The second-order valence-electron chi connectivity index (χ2n) is 7.13. The number of H-pyrrole nitrogens is 1. The standard InChI is InChI=1S/C22H25N5O3S/c1-5-7-18-23-13(3)20-22(28)25-21(26-27(18)20)15-10-14(8-9-17(15)30-6-2)16-12-31-19(24-16)11-29-4/h8-10,12H,5-7,11H2,1-4H3,(H,25,26,28). The van der Waals surface area contributed by atoms with Crippen molar-refractivity contribution in [1.29, 1.82) is 0 Å². The average Bonchev–Trinajstić information content (AvgIpc) is 3.34. The molecule has 9 heteroatoms. The second kappa shape index (κ2) is 8.99. The third-order valence-corrected chi connectivity index (χ3v) is 5.69. The van der Waals surface area contributed by atoms with Gasteiger partial charge in [-0.1, -0.05) is 6.92 Å². The molecule has 0 amide bonds. The lowest BCUT2D eigenvalue weighted by atomic mass is 10.1. The van der Waals surface area contributed by atoms with Crippen molar-refractivity contribution in [3.05, 3.63) is 50.5 Å². The van der Waals surface area contributed by atoms with Gasteiger partial charge >= 0.3 is 0 Å². The van der Waals surface area contributed by atoms with Crippen LogP contribution in [0.25, 0.3) is 28.2 Å². The normalized spacial score (nSPS) is 11.4. The van der Waals surface area contributed by atoms with Gasteiger partial charge in [0.15, 0.2) is 11.3 Å². The van der Waals surface area contributed by atoms with Crippen molar-refractivity contribution >= 4 is 16.9 Å². The van der Waals surface area contributed by atoms with Crippen molar-refractivity contribution in [3.8, 4) is 28.4 Å². The summed E-state index contributed by atoms with van der Waals surface area (Å²) in [4.78, 5) is 25.0. The van der Waals surface area contributed by atoms with Gasteiger partial charge in [-0.25, -0.2) is 14.5 Å². The molecule has 0 aliphatic rings. The molecule has 8 nitrogen and oxygen atoms in total. The Kier molecular flexibility index (Phi) is 6.15. The first kappa shape index (κ1) is 21.2. The van der Waals surface area contributed by atoms with Gasteiger partial charge in [-0.3, -0.25) is 4.79 Å². The van der Waals surface area contributed by atoms with Crippen LogP contribution in [-0.2, 0) is 17.8 Å². The summed E-state index contributed by atoms with van der Waals surface area (Å²) >= 11 is 1.55. The number of thiazole rings is 1. The molecule has 1 aromatic carbocycles. The zero-order valence-electron chi connectivity index (χ0n) is 18.1. The van der Waals surface area contributed by atoms with E-state index >= 15 is 0 Å². The quantitative estimate of drug-likeness (QED) is 0.446. The zero-order chi connectivity index (χ0) is 22.0. The lowest BCUT2D eigenvalue weighted by Gasteiger charge is -2.12. The van der Waals surface area contributed by atoms with Crippen molar-refractivity contribution in [1.82, 2.24) is 24.6 Å². The van der Waals surface area contributed by atoms with E-state index in [0.717, 1.165) is 34.9 Å². The predicted octanol–water partition coefficient (Wildman–Crippen LogP) is 4.01. The molecule has 0 aliphatic carbocycles. The van der Waals surface area contributed by atoms with Gasteiger partial charge in [0.05, 0.1) is 30.2 Å². The molecule has 0 spiro atoms. The maximum absolute atomic E-state index is 12.9. The minimum Gasteiger partial charge on any atom is -0.493 e. The lowest BCUT2D eigenvalue weighted by molar-refractivity contribution is 0.184. The SMILES string of the molecule is CCCc1nc(C)c2c(=O)[nH]c(-c3cc(-c4csc(COC)n4)ccc3OCC)nn12. The molecule has 162 valence electrons. The molecule has 0 atom stereocenters. The van der Waals surface area contributed by atoms with E-state index in [9.17, 15) is 4.79 Å². The van der Waals surface area contributed by atoms with Crippen LogP contribution in [0.5, 0.6) is 5.75 Å². The van der Waals surface area contributed by atoms with E-state index in [1.807, 2.05) is 37.4 Å². The molecule has 4 rings (SSSR count). The third kappa shape index (κ3) is 4.11. The first-order chi connectivity index (χ1) is 15.0. The Hall–Kier alpha value is -3.04. The van der Waals surface area contributed by atoms with Crippen LogP contribution in [0.4, 0.5) is 0 Å². The second-order valence-corrected chi connectivity index (χ2v) is 8.07. The maximum atomic E-state index is 12.9. The van der Waals surface area contributed by atoms with E-state index in [1.165, 1.54) is 0 Å². The van der Waals surface area contributed by atoms with Crippen molar-refractivity contribution < 1.29 is 9.47 Å². The van der Waals surface area contributed by atoms with Gasteiger partial charge < -0.3 is 14.5 Å². The van der Waals surface area contributed by atoms with Gasteiger partial charge in [-0.2, -0.15) is 0 Å². The molecule has 0 fully saturated rings. The Morgan fingerprint density at radius 3 is 2.81 bits per heavy atom. The van der Waals surface area contributed by atoms with E-state index in [0.29, 0.717) is 41.6 Å². The summed E-state index contributed by atoms with van der Waals surface area (Å²) in [5.41, 5.74) is 3.39. The molecule has 0 unspecified atom stereocenters. The molecule has 3 heterocycles. The summed E-state index contributed by atoms with van der Waals surface area (Å²) in [5, 5.41) is 7.63. The van der Waals surface area contributed by atoms with Gasteiger partial charge in [-0.15, -0.1) is 16.4 Å². The number of ether oxygens (including phenoxy) is 2. The summed E-state index contributed by atoms with van der Waals surface area (Å²) in [6, 6.07) is 5.80. The van der Waals surface area contributed by atoms with Crippen LogP contribution in [-0.4, -0.2) is 38.3 Å². The van der Waals surface area contributed by atoms with Crippen LogP contribution in [0.1, 0.15) is 36.8 Å². The summed E-state index contributed by atoms with van der Waals surface area (Å²) < 4.78 is 12.7. The number of fused-ring (bicyclic) bond motifs is 1. The largest absolute Gasteiger partial charge is 0.493 e. The van der Waals surface area contributed by atoms with E-state index in [-0.39, 0.29) is 5.56 Å². The van der Waals surface area contributed by atoms with Crippen molar-refractivity contribution in [2.45, 2.75) is 40.2 Å². The van der Waals surface area contributed by atoms with Gasteiger partial charge in [0.1, 0.15) is 16.6 Å². The van der Waals surface area contributed by atoms with E-state index in [1.54, 1.807) is 23.0 Å². The highest BCUT2D eigenvalue weighted by molar-refractivity contribution is 7.09. The van der Waals surface area contributed by atoms with E-state index < -0.39 is 0 Å². The number of aromatic amines is 1. The summed E-state index contributed by atoms with van der Waals surface area (Å²) in [7, 11) is 1.65. The first-order valence-corrected chi connectivity index (χ1v) is 11.1. The summed E-state index contributed by atoms with van der Waals surface area (Å²) in [6.45, 7) is 6.80. The molecular formula is C22H25N5O3S. The Bertz CT molecular complexity index is 1270. The Labute approximate surface area is 183 Å². The molecule has 4 aromatic rings. The molecule has 0 saturated heterocycles. The number of rotatable bonds is 8. The number of imidazole rings is 1. The molecule has 0 saturated carbocycles. The van der Waals surface area contributed by atoms with Crippen LogP contribution >= 0.6 is 11.3 Å². The fraction of sp³-hybridized carbons (Fsp3) is 0.364. The van der Waals surface area contributed by atoms with Gasteiger partial charge in [0.2, 0.25) is 0 Å². The van der Waals surface area contributed by atoms with Crippen LogP contribution in [0.3, 0.4) is 0 Å². The number of nitrogens with one attached hydrogen (secondary N) is 1. The summed E-state index contributed by atoms with van der Waals surface area (Å²) in [5.74, 6) is 1.86. The van der Waals surface area contributed by atoms with Crippen LogP contribution in [0.15, 0.2) is 28.4 Å². The molecule has 0 aliphatic heterocycles. The fourth-order valence-electron chi connectivity index (χ4n) is 3.53. The number of aromatic nitrogens is 5. The van der Waals surface area contributed by atoms with E-state index in [2.05, 4.69) is 21.9 Å². The fourth-order valence-corrected chi connectivity index (χ4v) is 4.31. The number of methoxy groups -OCH3 is 1. The number of hydrogen-bond donors (Lipinski definition) is 1. The number of nitrogens with zero attached hydrogens (tertiary/aromatic N) is 4. The average molecular weight is 440 g/mol. The highest BCUT2D eigenvalue weighted by Gasteiger charge is 2.18. The van der Waals surface area contributed by atoms with Crippen LogP contribution < -0.4 is 10.3 Å². The maximum Gasteiger partial charge on any atom is 0.277 e. The monoisotopic (exact) mass is 439 g/mol. The number of benzene rings is 1. The third-order valence-electron chi connectivity index (χ3n) is 4.87. The predicted molar refractivity (Wildman–Crippen MR) is 121 cm³/mol. The molecule has 31 heavy (non-hydrogen) atoms. The minimum absolute atomic E-state index is 0.221. The molecular weight excluding hydrogens is 414 g/mol. The Morgan fingerprint density at radius 2 is 2.06 bits per heavy atom. The van der Waals surface area contributed by atoms with Gasteiger partial charge in [0.25, 0.3) is 5.56 Å². The van der Waals surface area contributed by atoms with Crippen molar-refractivity contribution in [2.24, 2.45) is 0 Å². The zero-order valence-corrected chi connectivity index (χ0v) is 18.9. The van der Waals surface area contributed by atoms with Crippen molar-refractivity contribution in [3.63, 3.8) is 0 Å². The Balaban J connectivity index is 1.87. The highest BCUT2D eigenvalue weighted by Crippen LogP contribution is 2.33. The number of hydrogen-bond acceptors (Lipinski definition) is 7. The molecule has 0 radical (unpaired) electrons.